The first-order chi connectivity index (χ1) is 45.4. The van der Waals surface area contributed by atoms with Crippen LogP contribution in [0.3, 0.4) is 0 Å². The SMILES string of the molecule is C=CC(=O)OCCC[CH2+].C=CC(=O)OCCOC.CCCCCCCCCCCCSC(=S)SC(CC(C)C(=O)O)c1ccncc1.CCCCCCCCCCCCSC(=S)SC(CC(CC(CC(C)C(=O)O)C(=O)OCCOC)C(=O)OCCCC)c1ccncc1. The Kier molecular flexibility index (Phi) is 64.8. The Labute approximate surface area is 594 Å². The monoisotopic (exact) mass is 1430 g/mol. The van der Waals surface area contributed by atoms with Gasteiger partial charge in [0, 0.05) is 68.1 Å². The van der Waals surface area contributed by atoms with Crippen molar-refractivity contribution in [3.63, 3.8) is 0 Å². The minimum Gasteiger partial charge on any atom is -0.481 e. The smallest absolute Gasteiger partial charge is 0.330 e. The van der Waals surface area contributed by atoms with Crippen LogP contribution in [0.15, 0.2) is 74.4 Å². The first-order valence-electron chi connectivity index (χ1n) is 34.0. The van der Waals surface area contributed by atoms with Crippen LogP contribution in [0.1, 0.15) is 236 Å². The molecule has 22 heteroatoms. The average Bonchev–Trinajstić information content (AvgIpc) is 0.903. The summed E-state index contributed by atoms with van der Waals surface area (Å²) >= 11 is 18.0. The summed E-state index contributed by atoms with van der Waals surface area (Å²) in [5, 5.41) is 18.8. The van der Waals surface area contributed by atoms with Gasteiger partial charge in [0.05, 0.1) is 63.4 Å². The summed E-state index contributed by atoms with van der Waals surface area (Å²) in [6.45, 7) is 21.7. The lowest BCUT2D eigenvalue weighted by Crippen LogP contribution is -2.30. The summed E-state index contributed by atoms with van der Waals surface area (Å²) in [4.78, 5) is 78.5. The molecule has 94 heavy (non-hydrogen) atoms. The summed E-state index contributed by atoms with van der Waals surface area (Å²) < 4.78 is 31.6. The van der Waals surface area contributed by atoms with Crippen LogP contribution in [-0.4, -0.2) is 128 Å². The second kappa shape index (κ2) is 66.2. The van der Waals surface area contributed by atoms with Crippen LogP contribution < -0.4 is 0 Å². The van der Waals surface area contributed by atoms with E-state index in [-0.39, 0.29) is 48.5 Å². The maximum Gasteiger partial charge on any atom is 0.330 e. The number of nitrogens with zero attached hydrogens (tertiary/aromatic N) is 2. The largest absolute Gasteiger partial charge is 0.481 e. The predicted octanol–water partition coefficient (Wildman–Crippen LogP) is 19.0. The molecule has 0 saturated heterocycles. The van der Waals surface area contributed by atoms with Crippen molar-refractivity contribution >= 4 is 114 Å². The number of thioether (sulfide) groups is 4. The van der Waals surface area contributed by atoms with Crippen LogP contribution in [0.5, 0.6) is 0 Å². The maximum absolute atomic E-state index is 13.5. The second-order valence-corrected chi connectivity index (χ2v) is 29.8. The Hall–Kier alpha value is -4.03. The van der Waals surface area contributed by atoms with E-state index in [4.69, 9.17) is 38.6 Å². The fourth-order valence-electron chi connectivity index (χ4n) is 8.98. The number of carboxylic acid groups (broad SMARTS) is 2. The molecule has 534 valence electrons. The number of methoxy groups -OCH3 is 2. The van der Waals surface area contributed by atoms with Gasteiger partial charge in [-0.2, -0.15) is 0 Å². The normalized spacial score (nSPS) is 12.6. The molecule has 0 fully saturated rings. The first kappa shape index (κ1) is 92.0. The number of ether oxygens (including phenoxy) is 6. The number of esters is 4. The Morgan fingerprint density at radius 1 is 0.479 bits per heavy atom. The Balaban J connectivity index is 0. The number of thiocarbonyl (C=S) groups is 2. The fraction of sp³-hybridized carbons (Fsp3) is 0.681. The van der Waals surface area contributed by atoms with Gasteiger partial charge in [0.15, 0.2) is 0 Å². The summed E-state index contributed by atoms with van der Waals surface area (Å²) in [6, 6.07) is 7.77. The van der Waals surface area contributed by atoms with E-state index >= 15 is 0 Å². The molecule has 16 nitrogen and oxygen atoms in total. The van der Waals surface area contributed by atoms with Gasteiger partial charge >= 0.3 is 35.8 Å². The molecular weight excluding hydrogens is 1310 g/mol. The van der Waals surface area contributed by atoms with Crippen molar-refractivity contribution in [3.05, 3.63) is 92.4 Å². The van der Waals surface area contributed by atoms with Crippen LogP contribution in [0, 0.1) is 30.6 Å². The van der Waals surface area contributed by atoms with Gasteiger partial charge in [-0.05, 0) is 91.8 Å². The highest BCUT2D eigenvalue weighted by Crippen LogP contribution is 2.42. The van der Waals surface area contributed by atoms with E-state index in [0.29, 0.717) is 39.3 Å². The molecule has 0 bridgehead atoms. The predicted molar refractivity (Wildman–Crippen MR) is 399 cm³/mol. The zero-order valence-electron chi connectivity index (χ0n) is 58.0. The van der Waals surface area contributed by atoms with E-state index in [2.05, 4.69) is 58.1 Å². The molecule has 2 aromatic heterocycles. The van der Waals surface area contributed by atoms with Gasteiger partial charge in [-0.25, -0.2) is 9.59 Å². The van der Waals surface area contributed by atoms with Crippen molar-refractivity contribution in [3.8, 4) is 0 Å². The third-order valence-electron chi connectivity index (χ3n) is 14.6. The van der Waals surface area contributed by atoms with Crippen LogP contribution in [-0.2, 0) is 57.2 Å². The molecule has 0 spiro atoms. The Morgan fingerprint density at radius 3 is 1.20 bits per heavy atom. The minimum atomic E-state index is -1.00. The first-order valence-corrected chi connectivity index (χ1v) is 38.5. The van der Waals surface area contributed by atoms with Gasteiger partial charge in [0.2, 0.25) is 0 Å². The number of aliphatic carboxylic acids is 2. The third kappa shape index (κ3) is 55.0. The zero-order chi connectivity index (χ0) is 70.2. The molecule has 0 aliphatic heterocycles. The fourth-order valence-corrected chi connectivity index (χ4v) is 14.7. The summed E-state index contributed by atoms with van der Waals surface area (Å²) in [7, 11) is 3.05. The maximum atomic E-state index is 13.5. The van der Waals surface area contributed by atoms with Crippen molar-refractivity contribution < 1.29 is 67.4 Å². The van der Waals surface area contributed by atoms with Crippen LogP contribution in [0.2, 0.25) is 0 Å². The van der Waals surface area contributed by atoms with Crippen LogP contribution in [0.4, 0.5) is 0 Å². The lowest BCUT2D eigenvalue weighted by Gasteiger charge is -2.26. The highest BCUT2D eigenvalue weighted by Gasteiger charge is 2.34. The molecule has 6 unspecified atom stereocenters. The highest BCUT2D eigenvalue weighted by molar-refractivity contribution is 8.47. The van der Waals surface area contributed by atoms with Crippen molar-refractivity contribution in [2.24, 2.45) is 23.7 Å². The molecule has 0 aliphatic carbocycles. The summed E-state index contributed by atoms with van der Waals surface area (Å²) in [5.41, 5.74) is 2.08. The van der Waals surface area contributed by atoms with Gasteiger partial charge in [-0.15, -0.1) is 23.5 Å². The Bertz CT molecular complexity index is 2250. The number of pyridine rings is 2. The molecule has 6 atom stereocenters. The number of hydrogen-bond acceptors (Lipinski definition) is 20. The number of carboxylic acids is 2. The van der Waals surface area contributed by atoms with Gasteiger partial charge in [0.1, 0.15) is 20.3 Å². The molecule has 2 heterocycles. The molecule has 0 aliphatic rings. The molecule has 2 N–H and O–H groups in total. The van der Waals surface area contributed by atoms with Crippen LogP contribution >= 0.6 is 71.5 Å². The number of unbranched alkanes of at least 4 members (excludes halogenated alkanes) is 20. The number of hydrogen-bond donors (Lipinski definition) is 2. The van der Waals surface area contributed by atoms with E-state index in [9.17, 15) is 39.0 Å². The minimum absolute atomic E-state index is 0.0545. The van der Waals surface area contributed by atoms with E-state index in [1.165, 1.54) is 129 Å². The molecule has 2 rings (SSSR count). The molecular formula is C72H117N2O14S6+. The number of aromatic nitrogens is 2. The molecule has 2 aromatic rings. The van der Waals surface area contributed by atoms with Gasteiger partial charge in [-0.1, -0.05) is 218 Å². The van der Waals surface area contributed by atoms with Crippen molar-refractivity contribution in [2.45, 2.75) is 225 Å². The highest BCUT2D eigenvalue weighted by atomic mass is 32.2. The molecule has 0 amide bonds. The van der Waals surface area contributed by atoms with Gasteiger partial charge in [-0.3, -0.25) is 29.1 Å². The van der Waals surface area contributed by atoms with Crippen molar-refractivity contribution in [1.82, 2.24) is 9.97 Å². The topological polar surface area (TPSA) is 224 Å². The Morgan fingerprint density at radius 2 is 0.819 bits per heavy atom. The second-order valence-electron chi connectivity index (χ2n) is 22.8. The van der Waals surface area contributed by atoms with E-state index < -0.39 is 47.5 Å². The van der Waals surface area contributed by atoms with E-state index in [1.807, 2.05) is 31.2 Å². The number of carbonyl (C=O) groups is 6. The zero-order valence-corrected chi connectivity index (χ0v) is 62.9. The molecule has 0 saturated carbocycles. The summed E-state index contributed by atoms with van der Waals surface area (Å²) in [6.07, 6.45) is 39.9. The standard InChI is InChI=1S/C36H59NO7S3.C23H37NO2S3.C7H11O2.C6H10O3/c1-5-7-9-10-11-12-13-14-15-16-24-46-36(45)47-32(29-17-19-37-20-18-29)27-31(35(41)43-21-8-6-2)26-30(25-28(3)33(38)39)34(40)44-23-22-42-4;1-3-4-5-6-7-8-9-10-11-12-17-28-23(27)29-21(18-19(2)22(25)26)20-13-15-24-16-14-20;1-3-5-6-9-7(8)4-2;1-3-6(7)9-5-4-8-2/h17-20,28,30-32H,5-16,21-27H2,1-4H3,(H,38,39);13-16,19,21H,3-12,17-18H2,1-2H3,(H,25,26);4H,1-3,5-6H2;3H,1,4-5H2,2H3/q;;+1;. The van der Waals surface area contributed by atoms with E-state index in [1.54, 1.807) is 92.8 Å². The number of carbonyl (C=O) groups excluding carboxylic acids is 4. The molecule has 0 radical (unpaired) electrons. The molecule has 0 aromatic carbocycles. The lowest BCUT2D eigenvalue weighted by molar-refractivity contribution is -0.155. The quantitative estimate of drug-likeness (QED) is 0.0157. The third-order valence-corrected chi connectivity index (χ3v) is 20.5. The van der Waals surface area contributed by atoms with Gasteiger partial charge < -0.3 is 38.6 Å². The van der Waals surface area contributed by atoms with Crippen LogP contribution in [0.25, 0.3) is 0 Å². The van der Waals surface area contributed by atoms with Crippen molar-refractivity contribution in [2.75, 3.05) is 65.4 Å². The lowest BCUT2D eigenvalue weighted by atomic mass is 9.84. The summed E-state index contributed by atoms with van der Waals surface area (Å²) in [5.74, 6) is -4.06. The van der Waals surface area contributed by atoms with E-state index in [0.717, 1.165) is 73.9 Å². The number of rotatable bonds is 52. The van der Waals surface area contributed by atoms with Gasteiger partial charge in [0.25, 0.3) is 0 Å². The average molecular weight is 1430 g/mol. The van der Waals surface area contributed by atoms with Crippen molar-refractivity contribution in [1.29, 1.82) is 0 Å².